The molecule has 51 heavy (non-hydrogen) atoms. The van der Waals surface area contributed by atoms with Gasteiger partial charge in [0.2, 0.25) is 0 Å². The van der Waals surface area contributed by atoms with E-state index < -0.39 is 0 Å². The Bertz CT molecular complexity index is 2370. The molecule has 8 rings (SSSR count). The second kappa shape index (κ2) is 14.2. The third-order valence-electron chi connectivity index (χ3n) is 9.94. The van der Waals surface area contributed by atoms with Crippen LogP contribution < -0.4 is 21.3 Å². The number of nitrogens with one attached hydrogen (secondary N) is 1. The zero-order valence-corrected chi connectivity index (χ0v) is 29.3. The predicted molar refractivity (Wildman–Crippen MR) is 205 cm³/mol. The van der Waals surface area contributed by atoms with Gasteiger partial charge >= 0.3 is 0 Å². The van der Waals surface area contributed by atoms with Gasteiger partial charge in [0.15, 0.2) is 0 Å². The van der Waals surface area contributed by atoms with Gasteiger partial charge in [-0.25, -0.2) is 0 Å². The molecule has 8 heteroatoms. The minimum atomic E-state index is -0.128. The van der Waals surface area contributed by atoms with E-state index in [1.54, 1.807) is 45.3 Å². The fourth-order valence-corrected chi connectivity index (χ4v) is 6.90. The number of anilines is 2. The highest BCUT2D eigenvalue weighted by molar-refractivity contribution is 6.07. The quantitative estimate of drug-likeness (QED) is 0.175. The molecule has 2 fully saturated rings. The molecule has 6 aromatic rings. The largest absolute Gasteiger partial charge is 0.322 e. The molecule has 0 atom stereocenters. The van der Waals surface area contributed by atoms with Gasteiger partial charge in [-0.2, -0.15) is 0 Å². The van der Waals surface area contributed by atoms with Crippen LogP contribution in [0.15, 0.2) is 119 Å². The van der Waals surface area contributed by atoms with Crippen molar-refractivity contribution in [2.45, 2.75) is 64.5 Å². The zero-order chi connectivity index (χ0) is 35.6. The van der Waals surface area contributed by atoms with Gasteiger partial charge in [0.05, 0.1) is 11.0 Å². The molecule has 8 nitrogen and oxygen atoms in total. The summed E-state index contributed by atoms with van der Waals surface area (Å²) in [6.45, 7) is 5.23. The summed E-state index contributed by atoms with van der Waals surface area (Å²) < 4.78 is 3.58. The topological polar surface area (TPSA) is 93.4 Å². The summed E-state index contributed by atoms with van der Waals surface area (Å²) in [6.07, 6.45) is 4.53. The number of nitrogens with zero attached hydrogens (tertiary/aromatic N) is 3. The molecule has 4 aromatic carbocycles. The molecule has 2 saturated carbocycles. The van der Waals surface area contributed by atoms with Crippen molar-refractivity contribution in [1.82, 2.24) is 9.13 Å². The number of rotatable bonds is 8. The summed E-state index contributed by atoms with van der Waals surface area (Å²) in [5, 5.41) is 5.11. The van der Waals surface area contributed by atoms with Crippen LogP contribution >= 0.6 is 0 Å². The Balaban J connectivity index is 0.000000159. The molecule has 0 spiro atoms. The molecular formula is C43H42N4O4. The standard InChI is InChI=1S/C22H22N2O2.C21H20N2O2/c1-3-24-20-12-11-17(23(2)22(26)16-7-5-4-6-8-16)13-19(20)18(14-21(24)25)15-9-10-15;1-2-23-19-11-10-16(22-21(25)15-6-4-3-5-7-15)12-18(19)17(13-20(23)24)14-8-9-14/h4-8,11-15H,3,9-10H2,1-2H3;3-7,10-14H,2,8-9H2,1H3,(H,22,25). The van der Waals surface area contributed by atoms with Gasteiger partial charge in [0, 0.05) is 65.5 Å². The van der Waals surface area contributed by atoms with Crippen molar-refractivity contribution in [2.24, 2.45) is 0 Å². The lowest BCUT2D eigenvalue weighted by molar-refractivity contribution is 0.0991. The number of carbonyl (C=O) groups is 2. The number of aryl methyl sites for hydroxylation is 2. The van der Waals surface area contributed by atoms with E-state index in [1.165, 1.54) is 0 Å². The van der Waals surface area contributed by atoms with Crippen molar-refractivity contribution in [3.63, 3.8) is 0 Å². The molecule has 258 valence electrons. The molecule has 0 unspecified atom stereocenters. The SMILES string of the molecule is CCn1c(=O)cc(C2CC2)c2cc(N(C)C(=O)c3ccccc3)ccc21.CCn1c(=O)cc(C2CC2)c2cc(NC(=O)c3ccccc3)ccc21. The molecule has 2 aliphatic carbocycles. The van der Waals surface area contributed by atoms with Crippen LogP contribution in [0.1, 0.15) is 83.2 Å². The molecule has 2 aromatic heterocycles. The Morgan fingerprint density at radius 3 is 1.65 bits per heavy atom. The van der Waals surface area contributed by atoms with Gasteiger partial charge in [0.25, 0.3) is 22.9 Å². The molecule has 2 amide bonds. The summed E-state index contributed by atoms with van der Waals surface area (Å²) in [7, 11) is 1.79. The summed E-state index contributed by atoms with van der Waals surface area (Å²) in [4.78, 5) is 51.6. The smallest absolute Gasteiger partial charge is 0.258 e. The van der Waals surface area contributed by atoms with Crippen LogP contribution in [0.2, 0.25) is 0 Å². The fourth-order valence-electron chi connectivity index (χ4n) is 6.90. The Morgan fingerprint density at radius 1 is 0.647 bits per heavy atom. The van der Waals surface area contributed by atoms with Crippen LogP contribution in [0.5, 0.6) is 0 Å². The highest BCUT2D eigenvalue weighted by Crippen LogP contribution is 2.44. The first-order chi connectivity index (χ1) is 24.8. The molecule has 0 radical (unpaired) electrons. The maximum absolute atomic E-state index is 12.8. The Hall–Kier alpha value is -5.76. The number of benzene rings is 4. The van der Waals surface area contributed by atoms with E-state index in [2.05, 4.69) is 11.4 Å². The van der Waals surface area contributed by atoms with Crippen molar-refractivity contribution in [3.8, 4) is 0 Å². The lowest BCUT2D eigenvalue weighted by Gasteiger charge is -2.20. The third kappa shape index (κ3) is 6.99. The average molecular weight is 679 g/mol. The minimum absolute atomic E-state index is 0.0401. The first-order valence-electron chi connectivity index (χ1n) is 17.8. The summed E-state index contributed by atoms with van der Waals surface area (Å²) in [5.74, 6) is 0.780. The monoisotopic (exact) mass is 678 g/mol. The second-order valence-corrected chi connectivity index (χ2v) is 13.4. The van der Waals surface area contributed by atoms with E-state index in [0.717, 1.165) is 70.0 Å². The number of hydrogen-bond acceptors (Lipinski definition) is 4. The molecule has 2 heterocycles. The number of carbonyl (C=O) groups excluding carboxylic acids is 2. The molecule has 0 aliphatic heterocycles. The van der Waals surface area contributed by atoms with Gasteiger partial charge in [-0.3, -0.25) is 19.2 Å². The number of amides is 2. The first-order valence-corrected chi connectivity index (χ1v) is 17.8. The fraction of sp³-hybridized carbons (Fsp3) is 0.256. The van der Waals surface area contributed by atoms with Crippen molar-refractivity contribution in [3.05, 3.63) is 152 Å². The highest BCUT2D eigenvalue weighted by Gasteiger charge is 2.28. The van der Waals surface area contributed by atoms with Gasteiger partial charge < -0.3 is 19.4 Å². The van der Waals surface area contributed by atoms with Gasteiger partial charge in [-0.15, -0.1) is 0 Å². The lowest BCUT2D eigenvalue weighted by Crippen LogP contribution is -2.26. The van der Waals surface area contributed by atoms with Crippen molar-refractivity contribution < 1.29 is 9.59 Å². The van der Waals surface area contributed by atoms with Crippen LogP contribution in [0.25, 0.3) is 21.8 Å². The van der Waals surface area contributed by atoms with Gasteiger partial charge in [-0.1, -0.05) is 36.4 Å². The minimum Gasteiger partial charge on any atom is -0.322 e. The number of pyridine rings is 2. The van der Waals surface area contributed by atoms with E-state index in [1.807, 2.05) is 92.7 Å². The average Bonchev–Trinajstić information content (AvgIpc) is 4.10. The normalized spacial score (nSPS) is 13.8. The lowest BCUT2D eigenvalue weighted by atomic mass is 10.0. The molecule has 0 saturated heterocycles. The molecule has 0 bridgehead atoms. The second-order valence-electron chi connectivity index (χ2n) is 13.4. The van der Waals surface area contributed by atoms with Crippen LogP contribution in [0.4, 0.5) is 11.4 Å². The summed E-state index contributed by atoms with van der Waals surface area (Å²) in [5.41, 5.74) is 7.12. The summed E-state index contributed by atoms with van der Waals surface area (Å²) >= 11 is 0. The molecule has 2 aliphatic rings. The Morgan fingerprint density at radius 2 is 1.14 bits per heavy atom. The first kappa shape index (κ1) is 33.7. The number of hydrogen-bond donors (Lipinski definition) is 1. The third-order valence-corrected chi connectivity index (χ3v) is 9.94. The number of fused-ring (bicyclic) bond motifs is 2. The maximum Gasteiger partial charge on any atom is 0.258 e. The van der Waals surface area contributed by atoms with E-state index >= 15 is 0 Å². The van der Waals surface area contributed by atoms with Gasteiger partial charge in [-0.05, 0) is 123 Å². The van der Waals surface area contributed by atoms with Crippen LogP contribution in [0.3, 0.4) is 0 Å². The van der Waals surface area contributed by atoms with Crippen LogP contribution in [-0.4, -0.2) is 28.0 Å². The highest BCUT2D eigenvalue weighted by atomic mass is 16.2. The predicted octanol–water partition coefficient (Wildman–Crippen LogP) is 8.33. The summed E-state index contributed by atoms with van der Waals surface area (Å²) in [6, 6.07) is 33.7. The van der Waals surface area contributed by atoms with Crippen LogP contribution in [0, 0.1) is 0 Å². The van der Waals surface area contributed by atoms with E-state index in [9.17, 15) is 19.2 Å². The number of aromatic nitrogens is 2. The zero-order valence-electron chi connectivity index (χ0n) is 29.3. The molecular weight excluding hydrogens is 636 g/mol. The van der Waals surface area contributed by atoms with E-state index in [4.69, 9.17) is 0 Å². The van der Waals surface area contributed by atoms with Crippen molar-refractivity contribution >= 4 is 45.0 Å². The van der Waals surface area contributed by atoms with Crippen LogP contribution in [-0.2, 0) is 13.1 Å². The van der Waals surface area contributed by atoms with E-state index in [0.29, 0.717) is 36.1 Å². The van der Waals surface area contributed by atoms with Crippen molar-refractivity contribution in [1.29, 1.82) is 0 Å². The Kier molecular flexibility index (Phi) is 9.41. The molecule has 1 N–H and O–H groups in total. The Labute approximate surface area is 297 Å². The van der Waals surface area contributed by atoms with Gasteiger partial charge in [0.1, 0.15) is 0 Å². The maximum atomic E-state index is 12.8. The van der Waals surface area contributed by atoms with E-state index in [-0.39, 0.29) is 22.9 Å². The van der Waals surface area contributed by atoms with Crippen molar-refractivity contribution in [2.75, 3.05) is 17.3 Å².